The Labute approximate surface area is 174 Å². The molecule has 1 aromatic carbocycles. The maximum Gasteiger partial charge on any atom is 0.269 e. The summed E-state index contributed by atoms with van der Waals surface area (Å²) in [4.78, 5) is 8.47. The Morgan fingerprint density at radius 2 is 1.93 bits per heavy atom. The van der Waals surface area contributed by atoms with E-state index in [1.807, 2.05) is 13.0 Å². The summed E-state index contributed by atoms with van der Waals surface area (Å²) < 4.78 is 33.1. The summed E-state index contributed by atoms with van der Waals surface area (Å²) in [5.74, 6) is 0.276. The molecule has 0 saturated carbocycles. The van der Waals surface area contributed by atoms with Crippen LogP contribution in [0.1, 0.15) is 39.2 Å². The topological polar surface area (TPSA) is 61.0 Å². The molecule has 0 amide bonds. The molecule has 0 aliphatic heterocycles. The minimum Gasteiger partial charge on any atom is -0.475 e. The van der Waals surface area contributed by atoms with E-state index in [1.165, 1.54) is 12.3 Å². The number of nitrogens with two attached hydrogens (primary N) is 1. The number of pyridine rings is 2. The number of fused-ring (bicyclic) bond motifs is 1. The van der Waals surface area contributed by atoms with Crippen molar-refractivity contribution in [3.8, 4) is 17.0 Å². The van der Waals surface area contributed by atoms with Crippen LogP contribution in [-0.2, 0) is 0 Å². The number of aromatic nitrogens is 2. The van der Waals surface area contributed by atoms with Crippen molar-refractivity contribution in [3.63, 3.8) is 0 Å². The Morgan fingerprint density at radius 1 is 1.17 bits per heavy atom. The molecule has 7 heteroatoms. The van der Waals surface area contributed by atoms with Gasteiger partial charge in [0.2, 0.25) is 5.88 Å². The monoisotopic (exact) mass is 419 g/mol. The van der Waals surface area contributed by atoms with Crippen molar-refractivity contribution in [3.05, 3.63) is 53.3 Å². The molecule has 154 valence electrons. The summed E-state index contributed by atoms with van der Waals surface area (Å²) in [5, 5.41) is 1.36. The van der Waals surface area contributed by atoms with E-state index in [-0.39, 0.29) is 18.1 Å². The van der Waals surface area contributed by atoms with Gasteiger partial charge in [0.25, 0.3) is 6.43 Å². The second-order valence-electron chi connectivity index (χ2n) is 7.98. The number of ether oxygens (including phenoxy) is 1. The molecule has 4 nitrogen and oxygen atoms in total. The van der Waals surface area contributed by atoms with Crippen LogP contribution >= 0.6 is 11.6 Å². The highest BCUT2D eigenvalue weighted by Gasteiger charge is 2.24. The van der Waals surface area contributed by atoms with Gasteiger partial charge < -0.3 is 10.5 Å². The lowest BCUT2D eigenvalue weighted by Gasteiger charge is -2.26. The summed E-state index contributed by atoms with van der Waals surface area (Å²) in [5.41, 5.74) is 7.32. The highest BCUT2D eigenvalue weighted by Crippen LogP contribution is 2.34. The van der Waals surface area contributed by atoms with Gasteiger partial charge in [0, 0.05) is 33.9 Å². The normalized spacial score (nSPS) is 13.8. The first-order valence-electron chi connectivity index (χ1n) is 9.41. The lowest BCUT2D eigenvalue weighted by molar-refractivity contribution is 0.137. The number of hydrogen-bond acceptors (Lipinski definition) is 4. The van der Waals surface area contributed by atoms with Crippen LogP contribution in [0.25, 0.3) is 22.0 Å². The third-order valence-electron chi connectivity index (χ3n) is 4.54. The smallest absolute Gasteiger partial charge is 0.269 e. The standard InChI is InChI=1S/C22H24ClF2N3O/c1-13(2)10-22(3,26)12-29-21-18(20(24)25)8-14(11-28-21)16-6-7-27-19-9-15(23)4-5-17(16)19/h4-9,11,13,20H,10,12,26H2,1-3H3. The van der Waals surface area contributed by atoms with Crippen LogP contribution in [0.5, 0.6) is 5.88 Å². The van der Waals surface area contributed by atoms with E-state index in [4.69, 9.17) is 22.1 Å². The summed E-state index contributed by atoms with van der Waals surface area (Å²) in [7, 11) is 0. The average Bonchev–Trinajstić information content (AvgIpc) is 2.64. The van der Waals surface area contributed by atoms with Crippen LogP contribution in [-0.4, -0.2) is 22.1 Å². The molecule has 0 bridgehead atoms. The van der Waals surface area contributed by atoms with Gasteiger partial charge >= 0.3 is 0 Å². The number of halogens is 3. The first-order chi connectivity index (χ1) is 13.7. The fraction of sp³-hybridized carbons (Fsp3) is 0.364. The van der Waals surface area contributed by atoms with Crippen LogP contribution in [0.2, 0.25) is 5.02 Å². The van der Waals surface area contributed by atoms with Gasteiger partial charge in [0.1, 0.15) is 6.61 Å². The Morgan fingerprint density at radius 3 is 2.62 bits per heavy atom. The van der Waals surface area contributed by atoms with Crippen molar-refractivity contribution in [2.24, 2.45) is 11.7 Å². The minimum absolute atomic E-state index is 0.0920. The molecule has 29 heavy (non-hydrogen) atoms. The van der Waals surface area contributed by atoms with E-state index in [2.05, 4.69) is 23.8 Å². The van der Waals surface area contributed by atoms with Gasteiger partial charge in [0.05, 0.1) is 11.1 Å². The molecule has 2 N–H and O–H groups in total. The zero-order valence-corrected chi connectivity index (χ0v) is 17.4. The van der Waals surface area contributed by atoms with Gasteiger partial charge in [-0.3, -0.25) is 4.98 Å². The van der Waals surface area contributed by atoms with Gasteiger partial charge in [-0.05, 0) is 49.1 Å². The van der Waals surface area contributed by atoms with Crippen LogP contribution in [0.15, 0.2) is 42.7 Å². The lowest BCUT2D eigenvalue weighted by atomic mass is 9.93. The third kappa shape index (κ3) is 5.19. The Bertz CT molecular complexity index is 1010. The molecular formula is C22H24ClF2N3O. The molecule has 0 radical (unpaired) electrons. The van der Waals surface area contributed by atoms with Crippen molar-refractivity contribution < 1.29 is 13.5 Å². The summed E-state index contributed by atoms with van der Waals surface area (Å²) >= 11 is 6.03. The Kier molecular flexibility index (Phi) is 6.34. The second-order valence-corrected chi connectivity index (χ2v) is 8.42. The first-order valence-corrected chi connectivity index (χ1v) is 9.78. The number of benzene rings is 1. The molecule has 1 atom stereocenters. The predicted octanol–water partition coefficient (Wildman–Crippen LogP) is 6.03. The largest absolute Gasteiger partial charge is 0.475 e. The average molecular weight is 420 g/mol. The van der Waals surface area contributed by atoms with Gasteiger partial charge in [-0.1, -0.05) is 31.5 Å². The predicted molar refractivity (Wildman–Crippen MR) is 112 cm³/mol. The lowest BCUT2D eigenvalue weighted by Crippen LogP contribution is -2.43. The van der Waals surface area contributed by atoms with E-state index in [0.717, 1.165) is 10.9 Å². The van der Waals surface area contributed by atoms with Gasteiger partial charge in [-0.15, -0.1) is 0 Å². The number of rotatable bonds is 7. The molecule has 0 spiro atoms. The van der Waals surface area contributed by atoms with Gasteiger partial charge in [-0.2, -0.15) is 0 Å². The highest BCUT2D eigenvalue weighted by molar-refractivity contribution is 6.31. The molecule has 0 aliphatic rings. The molecule has 2 aromatic heterocycles. The SMILES string of the molecule is CC(C)CC(C)(N)COc1ncc(-c2ccnc3cc(Cl)ccc23)cc1C(F)F. The van der Waals surface area contributed by atoms with E-state index in [1.54, 1.807) is 24.4 Å². The van der Waals surface area contributed by atoms with E-state index < -0.39 is 12.0 Å². The van der Waals surface area contributed by atoms with Crippen LogP contribution in [0.4, 0.5) is 8.78 Å². The van der Waals surface area contributed by atoms with Crippen LogP contribution in [0, 0.1) is 5.92 Å². The van der Waals surface area contributed by atoms with Gasteiger partial charge in [0.15, 0.2) is 0 Å². The number of nitrogens with zero attached hydrogens (tertiary/aromatic N) is 2. The highest BCUT2D eigenvalue weighted by atomic mass is 35.5. The second kappa shape index (κ2) is 8.59. The van der Waals surface area contributed by atoms with Gasteiger partial charge in [-0.25, -0.2) is 13.8 Å². The van der Waals surface area contributed by atoms with Crippen molar-refractivity contribution in [2.75, 3.05) is 6.61 Å². The van der Waals surface area contributed by atoms with Crippen molar-refractivity contribution in [1.29, 1.82) is 0 Å². The van der Waals surface area contributed by atoms with E-state index in [0.29, 0.717) is 28.4 Å². The molecule has 3 rings (SSSR count). The first kappa shape index (κ1) is 21.4. The molecule has 0 aliphatic carbocycles. The molecule has 2 heterocycles. The Hall–Kier alpha value is -2.31. The minimum atomic E-state index is -2.73. The summed E-state index contributed by atoms with van der Waals surface area (Å²) in [6.45, 7) is 6.05. The van der Waals surface area contributed by atoms with Crippen molar-refractivity contribution >= 4 is 22.5 Å². The molecule has 0 saturated heterocycles. The quantitative estimate of drug-likeness (QED) is 0.507. The summed E-state index contributed by atoms with van der Waals surface area (Å²) in [6, 6.07) is 8.47. The van der Waals surface area contributed by atoms with E-state index >= 15 is 0 Å². The molecule has 1 unspecified atom stereocenters. The van der Waals surface area contributed by atoms with E-state index in [9.17, 15) is 8.78 Å². The Balaban J connectivity index is 1.95. The zero-order valence-electron chi connectivity index (χ0n) is 16.6. The summed E-state index contributed by atoms with van der Waals surface area (Å²) in [6.07, 6.45) is 1.13. The fourth-order valence-electron chi connectivity index (χ4n) is 3.49. The number of alkyl halides is 2. The maximum atomic E-state index is 13.7. The van der Waals surface area contributed by atoms with Crippen LogP contribution in [0.3, 0.4) is 0 Å². The third-order valence-corrected chi connectivity index (χ3v) is 4.78. The zero-order chi connectivity index (χ0) is 21.2. The molecular weight excluding hydrogens is 396 g/mol. The van der Waals surface area contributed by atoms with Crippen molar-refractivity contribution in [2.45, 2.75) is 39.2 Å². The molecule has 0 fully saturated rings. The molecule has 3 aromatic rings. The fourth-order valence-corrected chi connectivity index (χ4v) is 3.66. The number of hydrogen-bond donors (Lipinski definition) is 1. The maximum absolute atomic E-state index is 13.7. The van der Waals surface area contributed by atoms with Crippen molar-refractivity contribution in [1.82, 2.24) is 9.97 Å². The van der Waals surface area contributed by atoms with Crippen LogP contribution < -0.4 is 10.5 Å².